The van der Waals surface area contributed by atoms with Crippen LogP contribution in [0.3, 0.4) is 0 Å². The van der Waals surface area contributed by atoms with Crippen molar-refractivity contribution < 1.29 is 37.0 Å². The minimum atomic E-state index is -3.16. The molecule has 0 aromatic heterocycles. The van der Waals surface area contributed by atoms with Gasteiger partial charge in [-0.3, -0.25) is 14.4 Å². The summed E-state index contributed by atoms with van der Waals surface area (Å²) in [4.78, 5) is 38.4. The minimum absolute atomic E-state index is 0.0452. The number of ether oxygens (including phenoxy) is 3. The molecular weight excluding hydrogens is 428 g/mol. The van der Waals surface area contributed by atoms with E-state index in [1.807, 2.05) is 13.8 Å². The number of benzene rings is 1. The molecule has 0 bridgehead atoms. The Morgan fingerprint density at radius 1 is 1.26 bits per heavy atom. The summed E-state index contributed by atoms with van der Waals surface area (Å²) in [7, 11) is -3.16. The fourth-order valence-corrected chi connectivity index (χ4v) is 5.27. The Morgan fingerprint density at radius 2 is 2.00 bits per heavy atom. The van der Waals surface area contributed by atoms with Gasteiger partial charge < -0.3 is 24.4 Å². The molecule has 1 aromatic carbocycles. The molecule has 10 nitrogen and oxygen atoms in total. The number of amides is 2. The van der Waals surface area contributed by atoms with E-state index in [0.717, 1.165) is 0 Å². The van der Waals surface area contributed by atoms with E-state index < -0.39 is 46.8 Å². The summed E-state index contributed by atoms with van der Waals surface area (Å²) >= 11 is 0. The monoisotopic (exact) mass is 454 g/mol. The van der Waals surface area contributed by atoms with Crippen LogP contribution in [0.25, 0.3) is 0 Å². The van der Waals surface area contributed by atoms with Gasteiger partial charge >= 0.3 is 5.97 Å². The number of carbonyl (C=O) groups excluding carboxylic acids is 3. The summed E-state index contributed by atoms with van der Waals surface area (Å²) in [5.41, 5.74) is 0.290. The van der Waals surface area contributed by atoms with Crippen LogP contribution < -0.4 is 14.8 Å². The van der Waals surface area contributed by atoms with Crippen LogP contribution in [-0.2, 0) is 24.2 Å². The van der Waals surface area contributed by atoms with Crippen molar-refractivity contribution in [2.24, 2.45) is 0 Å². The van der Waals surface area contributed by atoms with Gasteiger partial charge in [-0.2, -0.15) is 0 Å². The fourth-order valence-electron chi connectivity index (χ4n) is 3.56. The Morgan fingerprint density at radius 3 is 2.68 bits per heavy atom. The maximum atomic E-state index is 12.7. The molecule has 0 radical (unpaired) electrons. The van der Waals surface area contributed by atoms with Crippen LogP contribution in [0.5, 0.6) is 11.5 Å². The zero-order valence-corrected chi connectivity index (χ0v) is 18.3. The predicted octanol–water partition coefficient (Wildman–Crippen LogP) is 0.503. The molecule has 31 heavy (non-hydrogen) atoms. The van der Waals surface area contributed by atoms with E-state index in [1.165, 1.54) is 17.0 Å². The van der Waals surface area contributed by atoms with Crippen molar-refractivity contribution in [2.45, 2.75) is 38.8 Å². The lowest BCUT2D eigenvalue weighted by molar-refractivity contribution is -0.153. The number of hydrogen-bond acceptors (Lipinski definition) is 8. The third-order valence-electron chi connectivity index (χ3n) is 5.34. The molecule has 2 heterocycles. The predicted molar refractivity (Wildman–Crippen MR) is 110 cm³/mol. The summed E-state index contributed by atoms with van der Waals surface area (Å²) in [6, 6.07) is 4.04. The molecule has 0 spiro atoms. The molecule has 0 aliphatic carbocycles. The van der Waals surface area contributed by atoms with Crippen molar-refractivity contribution >= 4 is 27.6 Å². The second kappa shape index (κ2) is 9.54. The molecule has 3 rings (SSSR count). The molecule has 1 saturated heterocycles. The zero-order chi connectivity index (χ0) is 22.6. The topological polar surface area (TPSA) is 128 Å². The van der Waals surface area contributed by atoms with Crippen LogP contribution >= 0.6 is 0 Å². The lowest BCUT2D eigenvalue weighted by Crippen LogP contribution is -2.48. The second-order valence-corrected chi connectivity index (χ2v) is 9.76. The molecule has 1 N–H and O–H groups in total. The maximum Gasteiger partial charge on any atom is 0.325 e. The molecule has 0 unspecified atom stereocenters. The highest BCUT2D eigenvalue weighted by Gasteiger charge is 2.36. The Kier molecular flexibility index (Phi) is 7.04. The molecule has 170 valence electrons. The first-order valence-electron chi connectivity index (χ1n) is 10.0. The smallest absolute Gasteiger partial charge is 0.325 e. The van der Waals surface area contributed by atoms with Gasteiger partial charge in [-0.15, -0.1) is 0 Å². The van der Waals surface area contributed by atoms with E-state index in [-0.39, 0.29) is 24.3 Å². The number of sulfone groups is 1. The number of rotatable bonds is 8. The van der Waals surface area contributed by atoms with Crippen molar-refractivity contribution in [2.75, 3.05) is 31.5 Å². The maximum absolute atomic E-state index is 12.7. The van der Waals surface area contributed by atoms with E-state index in [0.29, 0.717) is 29.9 Å². The second-order valence-electron chi connectivity index (χ2n) is 7.53. The first-order chi connectivity index (χ1) is 14.7. The highest BCUT2D eigenvalue weighted by molar-refractivity contribution is 7.91. The lowest BCUT2D eigenvalue weighted by atomic mass is 10.1. The Hall–Kier alpha value is -2.82. The van der Waals surface area contributed by atoms with Gasteiger partial charge in [-0.05, 0) is 38.0 Å². The molecule has 2 amide bonds. The number of hydrogen-bond donors (Lipinski definition) is 1. The van der Waals surface area contributed by atoms with Gasteiger partial charge in [0.25, 0.3) is 11.8 Å². The van der Waals surface area contributed by atoms with Crippen LogP contribution in [0.4, 0.5) is 0 Å². The van der Waals surface area contributed by atoms with Crippen molar-refractivity contribution in [3.05, 3.63) is 23.8 Å². The zero-order valence-electron chi connectivity index (χ0n) is 17.5. The van der Waals surface area contributed by atoms with E-state index in [4.69, 9.17) is 14.2 Å². The van der Waals surface area contributed by atoms with Gasteiger partial charge in [0.1, 0.15) is 6.54 Å². The average Bonchev–Trinajstić information content (AvgIpc) is 3.35. The molecule has 2 atom stereocenters. The Labute approximate surface area is 180 Å². The molecular formula is C20H26N2O8S. The fraction of sp³-hybridized carbons (Fsp3) is 0.550. The Balaban J connectivity index is 1.49. The first-order valence-corrected chi connectivity index (χ1v) is 11.9. The lowest BCUT2D eigenvalue weighted by Gasteiger charge is -2.33. The SMILES string of the molecule is CC[C@H](C)N(C(=O)COC(=O)CNC(=O)c1ccc2c(c1)OCO2)[C@@H]1CCS(=O)(=O)C1. The van der Waals surface area contributed by atoms with Gasteiger partial charge in [0.2, 0.25) is 6.79 Å². The van der Waals surface area contributed by atoms with Gasteiger partial charge in [-0.25, -0.2) is 8.42 Å². The van der Waals surface area contributed by atoms with Crippen LogP contribution in [0.1, 0.15) is 37.0 Å². The van der Waals surface area contributed by atoms with Crippen molar-refractivity contribution in [1.29, 1.82) is 0 Å². The number of fused-ring (bicyclic) bond motifs is 1. The number of nitrogens with one attached hydrogen (secondary N) is 1. The minimum Gasteiger partial charge on any atom is -0.454 e. The van der Waals surface area contributed by atoms with Gasteiger partial charge in [0.05, 0.1) is 11.5 Å². The van der Waals surface area contributed by atoms with Gasteiger partial charge in [-0.1, -0.05) is 6.92 Å². The highest BCUT2D eigenvalue weighted by atomic mass is 32.2. The van der Waals surface area contributed by atoms with E-state index >= 15 is 0 Å². The summed E-state index contributed by atoms with van der Waals surface area (Å²) in [6.07, 6.45) is 1.01. The van der Waals surface area contributed by atoms with Crippen LogP contribution in [0, 0.1) is 0 Å². The van der Waals surface area contributed by atoms with E-state index in [1.54, 1.807) is 6.07 Å². The third-order valence-corrected chi connectivity index (χ3v) is 7.09. The van der Waals surface area contributed by atoms with Crippen LogP contribution in [0.2, 0.25) is 0 Å². The summed E-state index contributed by atoms with van der Waals surface area (Å²) in [5, 5.41) is 2.43. The number of nitrogens with zero attached hydrogens (tertiary/aromatic N) is 1. The summed E-state index contributed by atoms with van der Waals surface area (Å²) < 4.78 is 39.0. The standard InChI is InChI=1S/C20H26N2O8S/c1-3-13(2)22(15-6-7-31(26,27)11-15)18(23)10-28-19(24)9-21-20(25)14-4-5-16-17(8-14)30-12-29-16/h4-5,8,13,15H,3,6-7,9-12H2,1-2H3,(H,21,25)/t13-,15+/m0/s1. The largest absolute Gasteiger partial charge is 0.454 e. The normalized spacial score (nSPS) is 19.5. The number of carbonyl (C=O) groups is 3. The van der Waals surface area contributed by atoms with Crippen LogP contribution in [0.15, 0.2) is 18.2 Å². The molecule has 2 aliphatic rings. The molecule has 1 aromatic rings. The van der Waals surface area contributed by atoms with E-state index in [2.05, 4.69) is 5.32 Å². The molecule has 2 aliphatic heterocycles. The third kappa shape index (κ3) is 5.66. The molecule has 0 saturated carbocycles. The summed E-state index contributed by atoms with van der Waals surface area (Å²) in [5.74, 6) is -0.779. The van der Waals surface area contributed by atoms with E-state index in [9.17, 15) is 22.8 Å². The summed E-state index contributed by atoms with van der Waals surface area (Å²) in [6.45, 7) is 2.88. The first kappa shape index (κ1) is 22.9. The van der Waals surface area contributed by atoms with Gasteiger partial charge in [0, 0.05) is 17.6 Å². The Bertz CT molecular complexity index is 962. The van der Waals surface area contributed by atoms with Crippen molar-refractivity contribution in [1.82, 2.24) is 10.2 Å². The molecule has 1 fully saturated rings. The molecule has 11 heteroatoms. The van der Waals surface area contributed by atoms with Crippen LogP contribution in [-0.4, -0.2) is 74.6 Å². The van der Waals surface area contributed by atoms with Crippen molar-refractivity contribution in [3.63, 3.8) is 0 Å². The number of esters is 1. The van der Waals surface area contributed by atoms with Gasteiger partial charge in [0.15, 0.2) is 27.9 Å². The van der Waals surface area contributed by atoms with Crippen molar-refractivity contribution in [3.8, 4) is 11.5 Å². The quantitative estimate of drug-likeness (QED) is 0.563. The highest BCUT2D eigenvalue weighted by Crippen LogP contribution is 2.32. The average molecular weight is 455 g/mol.